The van der Waals surface area contributed by atoms with Crippen molar-refractivity contribution in [2.24, 2.45) is 5.73 Å². The van der Waals surface area contributed by atoms with E-state index in [2.05, 4.69) is 18.2 Å². The number of fused-ring (bicyclic) bond motifs is 1. The molecule has 0 saturated carbocycles. The zero-order valence-corrected chi connectivity index (χ0v) is 8.44. The molecule has 0 aliphatic heterocycles. The van der Waals surface area contributed by atoms with E-state index in [0.29, 0.717) is 0 Å². The molecule has 0 radical (unpaired) electrons. The van der Waals surface area contributed by atoms with Gasteiger partial charge in [0.25, 0.3) is 0 Å². The van der Waals surface area contributed by atoms with Gasteiger partial charge < -0.3 is 10.2 Å². The molecule has 1 aliphatic rings. The highest BCUT2D eigenvalue weighted by molar-refractivity contribution is 5.60. The fourth-order valence-corrected chi connectivity index (χ4v) is 2.25. The van der Waals surface area contributed by atoms with Crippen LogP contribution in [0.1, 0.15) is 23.6 Å². The fraction of sp³-hybridized carbons (Fsp3) is 0.231. The average Bonchev–Trinajstić information content (AvgIpc) is 2.88. The SMILES string of the molecule is NC1CCc2cc(-c3ccco3)ccc21. The molecule has 2 nitrogen and oxygen atoms in total. The van der Waals surface area contributed by atoms with Crippen LogP contribution in [0.3, 0.4) is 0 Å². The van der Waals surface area contributed by atoms with Gasteiger partial charge in [-0.25, -0.2) is 0 Å². The van der Waals surface area contributed by atoms with Gasteiger partial charge in [-0.05, 0) is 42.2 Å². The Labute approximate surface area is 88.7 Å². The van der Waals surface area contributed by atoms with E-state index in [4.69, 9.17) is 10.2 Å². The molecule has 0 spiro atoms. The molecule has 76 valence electrons. The lowest BCUT2D eigenvalue weighted by Crippen LogP contribution is -2.04. The summed E-state index contributed by atoms with van der Waals surface area (Å²) in [6.07, 6.45) is 3.86. The second kappa shape index (κ2) is 3.24. The number of benzene rings is 1. The fourth-order valence-electron chi connectivity index (χ4n) is 2.25. The summed E-state index contributed by atoms with van der Waals surface area (Å²) in [7, 11) is 0. The van der Waals surface area contributed by atoms with Crippen LogP contribution in [0.2, 0.25) is 0 Å². The van der Waals surface area contributed by atoms with E-state index in [0.717, 1.165) is 24.2 Å². The van der Waals surface area contributed by atoms with Gasteiger partial charge >= 0.3 is 0 Å². The Morgan fingerprint density at radius 3 is 3.00 bits per heavy atom. The molecular weight excluding hydrogens is 186 g/mol. The third-order valence-corrected chi connectivity index (χ3v) is 3.07. The monoisotopic (exact) mass is 199 g/mol. The van der Waals surface area contributed by atoms with Gasteiger partial charge in [0.2, 0.25) is 0 Å². The summed E-state index contributed by atoms with van der Waals surface area (Å²) in [6.45, 7) is 0. The van der Waals surface area contributed by atoms with Crippen molar-refractivity contribution in [3.63, 3.8) is 0 Å². The van der Waals surface area contributed by atoms with Crippen LogP contribution in [-0.2, 0) is 6.42 Å². The van der Waals surface area contributed by atoms with E-state index in [1.165, 1.54) is 11.1 Å². The molecule has 1 aromatic heterocycles. The third kappa shape index (κ3) is 1.38. The number of hydrogen-bond acceptors (Lipinski definition) is 2. The lowest BCUT2D eigenvalue weighted by molar-refractivity contribution is 0.582. The highest BCUT2D eigenvalue weighted by atomic mass is 16.3. The van der Waals surface area contributed by atoms with Crippen molar-refractivity contribution < 1.29 is 4.42 Å². The molecule has 0 bridgehead atoms. The Morgan fingerprint density at radius 2 is 2.20 bits per heavy atom. The summed E-state index contributed by atoms with van der Waals surface area (Å²) in [5.41, 5.74) is 9.81. The summed E-state index contributed by atoms with van der Waals surface area (Å²) in [5, 5.41) is 0. The molecule has 0 saturated heterocycles. The van der Waals surface area contributed by atoms with E-state index in [1.807, 2.05) is 12.1 Å². The summed E-state index contributed by atoms with van der Waals surface area (Å²) in [6, 6.07) is 10.5. The summed E-state index contributed by atoms with van der Waals surface area (Å²) >= 11 is 0. The van der Waals surface area contributed by atoms with Crippen LogP contribution >= 0.6 is 0 Å². The first kappa shape index (κ1) is 8.74. The molecule has 1 aliphatic carbocycles. The van der Waals surface area contributed by atoms with Crippen molar-refractivity contribution >= 4 is 0 Å². The van der Waals surface area contributed by atoms with E-state index in [1.54, 1.807) is 6.26 Å². The van der Waals surface area contributed by atoms with E-state index < -0.39 is 0 Å². The number of nitrogens with two attached hydrogens (primary N) is 1. The minimum Gasteiger partial charge on any atom is -0.464 e. The molecule has 0 amide bonds. The molecule has 1 unspecified atom stereocenters. The van der Waals surface area contributed by atoms with Crippen LogP contribution in [-0.4, -0.2) is 0 Å². The van der Waals surface area contributed by atoms with Crippen LogP contribution in [0.25, 0.3) is 11.3 Å². The molecular formula is C13H13NO. The van der Waals surface area contributed by atoms with Gasteiger partial charge in [0.15, 0.2) is 0 Å². The van der Waals surface area contributed by atoms with Crippen LogP contribution < -0.4 is 5.73 Å². The topological polar surface area (TPSA) is 39.2 Å². The zero-order valence-electron chi connectivity index (χ0n) is 8.44. The van der Waals surface area contributed by atoms with E-state index in [9.17, 15) is 0 Å². The van der Waals surface area contributed by atoms with Crippen molar-refractivity contribution in [3.8, 4) is 11.3 Å². The molecule has 2 N–H and O–H groups in total. The van der Waals surface area contributed by atoms with E-state index >= 15 is 0 Å². The van der Waals surface area contributed by atoms with Crippen LogP contribution in [0.5, 0.6) is 0 Å². The predicted octanol–water partition coefficient (Wildman–Crippen LogP) is 2.89. The summed E-state index contributed by atoms with van der Waals surface area (Å²) < 4.78 is 5.37. The molecule has 15 heavy (non-hydrogen) atoms. The highest BCUT2D eigenvalue weighted by Crippen LogP contribution is 2.32. The van der Waals surface area contributed by atoms with Gasteiger partial charge in [-0.2, -0.15) is 0 Å². The van der Waals surface area contributed by atoms with Crippen LogP contribution in [0, 0.1) is 0 Å². The lowest BCUT2D eigenvalue weighted by Gasteiger charge is -2.05. The van der Waals surface area contributed by atoms with Gasteiger partial charge in [-0.1, -0.05) is 12.1 Å². The van der Waals surface area contributed by atoms with Gasteiger partial charge in [0.05, 0.1) is 6.26 Å². The molecule has 1 atom stereocenters. The Hall–Kier alpha value is -1.54. The van der Waals surface area contributed by atoms with E-state index in [-0.39, 0.29) is 6.04 Å². The van der Waals surface area contributed by atoms with Crippen LogP contribution in [0.15, 0.2) is 41.0 Å². The first-order valence-electron chi connectivity index (χ1n) is 5.27. The molecule has 1 aromatic carbocycles. The number of rotatable bonds is 1. The molecule has 1 heterocycles. The maximum absolute atomic E-state index is 5.99. The quantitative estimate of drug-likeness (QED) is 0.767. The van der Waals surface area contributed by atoms with Gasteiger partial charge in [0.1, 0.15) is 5.76 Å². The van der Waals surface area contributed by atoms with Crippen molar-refractivity contribution in [1.29, 1.82) is 0 Å². The average molecular weight is 199 g/mol. The molecule has 2 heteroatoms. The number of hydrogen-bond donors (Lipinski definition) is 1. The lowest BCUT2D eigenvalue weighted by atomic mass is 10.0. The van der Waals surface area contributed by atoms with Gasteiger partial charge in [-0.15, -0.1) is 0 Å². The van der Waals surface area contributed by atoms with Crippen molar-refractivity contribution in [3.05, 3.63) is 47.7 Å². The summed E-state index contributed by atoms with van der Waals surface area (Å²) in [5.74, 6) is 0.929. The molecule has 2 aromatic rings. The van der Waals surface area contributed by atoms with Crippen molar-refractivity contribution in [2.75, 3.05) is 0 Å². The van der Waals surface area contributed by atoms with Crippen LogP contribution in [0.4, 0.5) is 0 Å². The Morgan fingerprint density at radius 1 is 1.27 bits per heavy atom. The Bertz CT molecular complexity index is 473. The molecule has 0 fully saturated rings. The smallest absolute Gasteiger partial charge is 0.133 e. The largest absolute Gasteiger partial charge is 0.464 e. The predicted molar refractivity (Wildman–Crippen MR) is 59.4 cm³/mol. The Kier molecular flexibility index (Phi) is 1.89. The zero-order chi connectivity index (χ0) is 10.3. The number of furan rings is 1. The van der Waals surface area contributed by atoms with Crippen molar-refractivity contribution in [1.82, 2.24) is 0 Å². The van der Waals surface area contributed by atoms with Gasteiger partial charge in [-0.3, -0.25) is 0 Å². The normalized spacial score (nSPS) is 19.1. The third-order valence-electron chi connectivity index (χ3n) is 3.07. The van der Waals surface area contributed by atoms with Crippen molar-refractivity contribution in [2.45, 2.75) is 18.9 Å². The standard InChI is InChI=1S/C13H13NO/c14-12-6-4-9-8-10(3-5-11(9)12)13-2-1-7-15-13/h1-3,5,7-8,12H,4,6,14H2. The Balaban J connectivity index is 2.07. The summed E-state index contributed by atoms with van der Waals surface area (Å²) in [4.78, 5) is 0. The maximum Gasteiger partial charge on any atom is 0.133 e. The maximum atomic E-state index is 5.99. The number of aryl methyl sites for hydroxylation is 1. The molecule has 3 rings (SSSR count). The minimum absolute atomic E-state index is 0.227. The highest BCUT2D eigenvalue weighted by Gasteiger charge is 2.19. The first-order valence-corrected chi connectivity index (χ1v) is 5.27. The first-order chi connectivity index (χ1) is 7.34. The minimum atomic E-state index is 0.227. The second-order valence-electron chi connectivity index (χ2n) is 4.04. The second-order valence-corrected chi connectivity index (χ2v) is 4.04. The van der Waals surface area contributed by atoms with Gasteiger partial charge in [0, 0.05) is 11.6 Å².